The molecule has 9 nitrogen and oxygen atoms in total. The van der Waals surface area contributed by atoms with E-state index >= 15 is 0 Å². The molecule has 36 heavy (non-hydrogen) atoms. The maximum atomic E-state index is 13.1. The standard InChI is InChI=1S/C26H39N5O4S/c1-20-16-24(35-5)17-21(2)26(20)36(33,34)30(4)15-12-28-18-25(32)29(3)19-22-8-13-31(14-9-22)23-6-10-27-11-7-23/h6-7,10-11,16-17,22,28H,8-9,12-15,18-19H2,1-5H3. The first-order valence-corrected chi connectivity index (χ1v) is 13.8. The summed E-state index contributed by atoms with van der Waals surface area (Å²) in [6.07, 6.45) is 5.71. The molecule has 0 spiro atoms. The molecule has 1 N–H and O–H groups in total. The predicted octanol–water partition coefficient (Wildman–Crippen LogP) is 2.29. The van der Waals surface area contributed by atoms with E-state index in [2.05, 4.69) is 15.2 Å². The molecule has 1 aliphatic heterocycles. The van der Waals surface area contributed by atoms with Crippen molar-refractivity contribution in [2.75, 3.05) is 65.4 Å². The number of likely N-dealkylation sites (N-methyl/N-ethyl adjacent to an activating group) is 2. The summed E-state index contributed by atoms with van der Waals surface area (Å²) in [6.45, 7) is 7.05. The molecule has 0 bridgehead atoms. The molecule has 0 atom stereocenters. The Hall–Kier alpha value is -2.69. The molecule has 0 saturated carbocycles. The Bertz CT molecular complexity index is 1100. The smallest absolute Gasteiger partial charge is 0.243 e. The Morgan fingerprint density at radius 3 is 2.33 bits per heavy atom. The summed E-state index contributed by atoms with van der Waals surface area (Å²) in [6, 6.07) is 7.51. The topological polar surface area (TPSA) is 95.1 Å². The van der Waals surface area contributed by atoms with Gasteiger partial charge in [0.05, 0.1) is 18.6 Å². The van der Waals surface area contributed by atoms with Gasteiger partial charge in [0, 0.05) is 64.9 Å². The zero-order chi connectivity index (χ0) is 26.3. The lowest BCUT2D eigenvalue weighted by Gasteiger charge is -2.35. The summed E-state index contributed by atoms with van der Waals surface area (Å²) in [7, 11) is 1.31. The molecule has 1 aromatic carbocycles. The lowest BCUT2D eigenvalue weighted by atomic mass is 9.96. The maximum absolute atomic E-state index is 13.1. The average molecular weight is 518 g/mol. The van der Waals surface area contributed by atoms with E-state index < -0.39 is 10.0 Å². The van der Waals surface area contributed by atoms with Crippen LogP contribution >= 0.6 is 0 Å². The normalized spacial score (nSPS) is 14.8. The summed E-state index contributed by atoms with van der Waals surface area (Å²) in [5.74, 6) is 1.12. The number of carbonyl (C=O) groups is 1. The van der Waals surface area contributed by atoms with Crippen LogP contribution in [0.4, 0.5) is 5.69 Å². The van der Waals surface area contributed by atoms with E-state index in [1.54, 1.807) is 45.0 Å². The third kappa shape index (κ3) is 6.96. The molecule has 0 radical (unpaired) electrons. The van der Waals surface area contributed by atoms with Crippen LogP contribution in [0.3, 0.4) is 0 Å². The van der Waals surface area contributed by atoms with Gasteiger partial charge < -0.3 is 19.9 Å². The summed E-state index contributed by atoms with van der Waals surface area (Å²) >= 11 is 0. The van der Waals surface area contributed by atoms with Crippen molar-refractivity contribution in [2.45, 2.75) is 31.6 Å². The quantitative estimate of drug-likeness (QED) is 0.457. The predicted molar refractivity (Wildman–Crippen MR) is 142 cm³/mol. The highest BCUT2D eigenvalue weighted by Gasteiger charge is 2.26. The lowest BCUT2D eigenvalue weighted by Crippen LogP contribution is -2.43. The fourth-order valence-corrected chi connectivity index (χ4v) is 6.27. The van der Waals surface area contributed by atoms with Crippen LogP contribution < -0.4 is 15.0 Å². The fraction of sp³-hybridized carbons (Fsp3) is 0.538. The molecule has 10 heteroatoms. The molecule has 1 aliphatic rings. The lowest BCUT2D eigenvalue weighted by molar-refractivity contribution is -0.129. The molecule has 3 rings (SSSR count). The Kier molecular flexibility index (Phi) is 9.69. The van der Waals surface area contributed by atoms with Crippen molar-refractivity contribution in [1.82, 2.24) is 19.5 Å². The van der Waals surface area contributed by atoms with Crippen molar-refractivity contribution < 1.29 is 17.9 Å². The third-order valence-corrected chi connectivity index (χ3v) is 8.98. The number of amides is 1. The zero-order valence-electron chi connectivity index (χ0n) is 22.0. The van der Waals surface area contributed by atoms with Gasteiger partial charge in [0.2, 0.25) is 15.9 Å². The molecule has 1 amide bonds. The van der Waals surface area contributed by atoms with Crippen LogP contribution in [0, 0.1) is 19.8 Å². The fourth-order valence-electron chi connectivity index (χ4n) is 4.70. The molecule has 0 unspecified atom stereocenters. The van der Waals surface area contributed by atoms with Gasteiger partial charge in [-0.3, -0.25) is 9.78 Å². The van der Waals surface area contributed by atoms with Crippen LogP contribution in [-0.2, 0) is 14.8 Å². The van der Waals surface area contributed by atoms with E-state index in [0.717, 1.165) is 32.5 Å². The van der Waals surface area contributed by atoms with E-state index in [-0.39, 0.29) is 19.0 Å². The summed E-state index contributed by atoms with van der Waals surface area (Å²) < 4.78 is 32.8. The second kappa shape index (κ2) is 12.5. The highest BCUT2D eigenvalue weighted by Crippen LogP contribution is 2.27. The largest absolute Gasteiger partial charge is 0.497 e. The number of piperidine rings is 1. The summed E-state index contributed by atoms with van der Waals surface area (Å²) in [5, 5.41) is 3.10. The van der Waals surface area contributed by atoms with Crippen molar-refractivity contribution in [3.8, 4) is 5.75 Å². The first-order chi connectivity index (χ1) is 17.1. The van der Waals surface area contributed by atoms with Gasteiger partial charge in [-0.15, -0.1) is 0 Å². The van der Waals surface area contributed by atoms with Gasteiger partial charge in [-0.05, 0) is 68.0 Å². The molecular formula is C26H39N5O4S. The Labute approximate surface area is 215 Å². The first-order valence-electron chi connectivity index (χ1n) is 12.3. The van der Waals surface area contributed by atoms with Crippen molar-refractivity contribution in [1.29, 1.82) is 0 Å². The minimum absolute atomic E-state index is 0.0129. The Balaban J connectivity index is 1.41. The highest BCUT2D eigenvalue weighted by atomic mass is 32.2. The molecule has 0 aliphatic carbocycles. The van der Waals surface area contributed by atoms with Crippen molar-refractivity contribution in [2.24, 2.45) is 5.92 Å². The number of hydrogen-bond acceptors (Lipinski definition) is 7. The number of rotatable bonds is 11. The SMILES string of the molecule is COc1cc(C)c(S(=O)(=O)N(C)CCNCC(=O)N(C)CC2CCN(c3ccncc3)CC2)c(C)c1. The monoisotopic (exact) mass is 517 g/mol. The highest BCUT2D eigenvalue weighted by molar-refractivity contribution is 7.89. The number of nitrogens with one attached hydrogen (secondary N) is 1. The van der Waals surface area contributed by atoms with Gasteiger partial charge in [0.25, 0.3) is 0 Å². The summed E-state index contributed by atoms with van der Waals surface area (Å²) in [4.78, 5) is 21.1. The van der Waals surface area contributed by atoms with Crippen LogP contribution in [0.2, 0.25) is 0 Å². The van der Waals surface area contributed by atoms with Crippen LogP contribution in [0.1, 0.15) is 24.0 Å². The second-order valence-electron chi connectivity index (χ2n) is 9.50. The van der Waals surface area contributed by atoms with E-state index in [4.69, 9.17) is 4.74 Å². The van der Waals surface area contributed by atoms with Gasteiger partial charge in [-0.25, -0.2) is 8.42 Å². The molecule has 1 aromatic heterocycles. The number of aromatic nitrogens is 1. The van der Waals surface area contributed by atoms with Crippen molar-refractivity contribution in [3.63, 3.8) is 0 Å². The van der Waals surface area contributed by atoms with E-state index in [1.165, 1.54) is 9.99 Å². The number of carbonyl (C=O) groups excluding carboxylic acids is 1. The van der Waals surface area contributed by atoms with Gasteiger partial charge in [-0.2, -0.15) is 4.31 Å². The summed E-state index contributed by atoms with van der Waals surface area (Å²) in [5.41, 5.74) is 2.49. The van der Waals surface area contributed by atoms with Gasteiger partial charge in [0.1, 0.15) is 5.75 Å². The number of anilines is 1. The Morgan fingerprint density at radius 1 is 1.14 bits per heavy atom. The number of aryl methyl sites for hydroxylation is 2. The number of benzene rings is 1. The third-order valence-electron chi connectivity index (χ3n) is 6.82. The maximum Gasteiger partial charge on any atom is 0.243 e. The Morgan fingerprint density at radius 2 is 1.75 bits per heavy atom. The van der Waals surface area contributed by atoms with Crippen molar-refractivity contribution >= 4 is 21.6 Å². The number of methoxy groups -OCH3 is 1. The van der Waals surface area contributed by atoms with E-state index in [9.17, 15) is 13.2 Å². The zero-order valence-corrected chi connectivity index (χ0v) is 22.8. The molecule has 2 heterocycles. The van der Waals surface area contributed by atoms with Gasteiger partial charge >= 0.3 is 0 Å². The van der Waals surface area contributed by atoms with E-state index in [1.807, 2.05) is 31.6 Å². The first kappa shape index (κ1) is 27.9. The van der Waals surface area contributed by atoms with Crippen molar-refractivity contribution in [3.05, 3.63) is 47.8 Å². The number of sulfonamides is 1. The number of pyridine rings is 1. The molecule has 198 valence electrons. The number of nitrogens with zero attached hydrogens (tertiary/aromatic N) is 4. The van der Waals surface area contributed by atoms with Gasteiger partial charge in [0.15, 0.2) is 0 Å². The van der Waals surface area contributed by atoms with E-state index in [0.29, 0.717) is 34.2 Å². The van der Waals surface area contributed by atoms with Crippen LogP contribution in [0.5, 0.6) is 5.75 Å². The molecule has 1 fully saturated rings. The van der Waals surface area contributed by atoms with Crippen LogP contribution in [0.15, 0.2) is 41.6 Å². The number of ether oxygens (including phenoxy) is 1. The van der Waals surface area contributed by atoms with Gasteiger partial charge in [-0.1, -0.05) is 0 Å². The second-order valence-corrected chi connectivity index (χ2v) is 11.5. The van der Waals surface area contributed by atoms with Crippen LogP contribution in [0.25, 0.3) is 0 Å². The molecule has 1 saturated heterocycles. The minimum atomic E-state index is -3.65. The minimum Gasteiger partial charge on any atom is -0.497 e. The molecular weight excluding hydrogens is 478 g/mol. The molecule has 2 aromatic rings. The average Bonchev–Trinajstić information content (AvgIpc) is 2.86. The number of hydrogen-bond donors (Lipinski definition) is 1. The van der Waals surface area contributed by atoms with Crippen LogP contribution in [-0.4, -0.2) is 89.0 Å².